The van der Waals surface area contributed by atoms with Crippen molar-refractivity contribution in [3.8, 4) is 11.3 Å². The van der Waals surface area contributed by atoms with Crippen molar-refractivity contribution >= 4 is 5.65 Å². The van der Waals surface area contributed by atoms with Crippen LogP contribution < -0.4 is 5.73 Å². The second-order valence-corrected chi connectivity index (χ2v) is 7.80. The van der Waals surface area contributed by atoms with Crippen LogP contribution in [0.15, 0.2) is 54.7 Å². The SMILES string of the molecule is CC1(C)CN(Cc2c(-c3ccccc3)nc3ccccn23)CCC1N. The molecule has 1 saturated heterocycles. The zero-order valence-corrected chi connectivity index (χ0v) is 15.0. The maximum Gasteiger partial charge on any atom is 0.137 e. The molecule has 1 aromatic carbocycles. The van der Waals surface area contributed by atoms with Crippen molar-refractivity contribution in [1.29, 1.82) is 0 Å². The standard InChI is InChI=1S/C21H26N4/c1-21(2)15-24(13-11-18(21)22)14-17-20(16-8-4-3-5-9-16)23-19-10-6-7-12-25(17)19/h3-10,12,18H,11,13-15,22H2,1-2H3. The zero-order valence-electron chi connectivity index (χ0n) is 15.0. The van der Waals surface area contributed by atoms with Crippen LogP contribution in [0.4, 0.5) is 0 Å². The number of nitrogens with zero attached hydrogens (tertiary/aromatic N) is 3. The van der Waals surface area contributed by atoms with E-state index >= 15 is 0 Å². The molecule has 0 aliphatic carbocycles. The maximum absolute atomic E-state index is 6.32. The highest BCUT2D eigenvalue weighted by molar-refractivity contribution is 5.66. The summed E-state index contributed by atoms with van der Waals surface area (Å²) in [5.74, 6) is 0. The average Bonchev–Trinajstić information content (AvgIpc) is 2.97. The van der Waals surface area contributed by atoms with Gasteiger partial charge in [0.2, 0.25) is 0 Å². The number of hydrogen-bond donors (Lipinski definition) is 1. The highest BCUT2D eigenvalue weighted by atomic mass is 15.2. The van der Waals surface area contributed by atoms with Crippen LogP contribution in [0, 0.1) is 5.41 Å². The first-order valence-electron chi connectivity index (χ1n) is 9.04. The molecule has 1 aliphatic rings. The predicted molar refractivity (Wildman–Crippen MR) is 102 cm³/mol. The summed E-state index contributed by atoms with van der Waals surface area (Å²) in [5, 5.41) is 0. The Morgan fingerprint density at radius 3 is 2.64 bits per heavy atom. The van der Waals surface area contributed by atoms with Crippen molar-refractivity contribution in [2.45, 2.75) is 32.9 Å². The molecule has 3 heterocycles. The normalized spacial score (nSPS) is 20.8. The molecular formula is C21H26N4. The lowest BCUT2D eigenvalue weighted by atomic mass is 9.79. The fraction of sp³-hybridized carbons (Fsp3) is 0.381. The van der Waals surface area contributed by atoms with E-state index in [2.05, 4.69) is 65.7 Å². The first-order valence-corrected chi connectivity index (χ1v) is 9.04. The van der Waals surface area contributed by atoms with Gasteiger partial charge in [-0.3, -0.25) is 4.90 Å². The lowest BCUT2D eigenvalue weighted by molar-refractivity contribution is 0.0888. The molecule has 1 atom stereocenters. The number of aromatic nitrogens is 2. The lowest BCUT2D eigenvalue weighted by Crippen LogP contribution is -2.52. The smallest absolute Gasteiger partial charge is 0.137 e. The van der Waals surface area contributed by atoms with Crippen molar-refractivity contribution in [2.24, 2.45) is 11.1 Å². The molecule has 2 N–H and O–H groups in total. The summed E-state index contributed by atoms with van der Waals surface area (Å²) in [6, 6.07) is 17.0. The third-order valence-corrected chi connectivity index (χ3v) is 5.44. The van der Waals surface area contributed by atoms with E-state index in [9.17, 15) is 0 Å². The van der Waals surface area contributed by atoms with E-state index in [1.807, 2.05) is 12.1 Å². The van der Waals surface area contributed by atoms with E-state index in [0.717, 1.165) is 37.4 Å². The van der Waals surface area contributed by atoms with E-state index in [0.29, 0.717) is 0 Å². The summed E-state index contributed by atoms with van der Waals surface area (Å²) in [5.41, 5.74) is 11.0. The second-order valence-electron chi connectivity index (χ2n) is 7.80. The van der Waals surface area contributed by atoms with Crippen LogP contribution in [0.5, 0.6) is 0 Å². The van der Waals surface area contributed by atoms with Gasteiger partial charge in [0.05, 0.1) is 11.4 Å². The molecule has 3 aromatic rings. The number of pyridine rings is 1. The molecule has 130 valence electrons. The van der Waals surface area contributed by atoms with Gasteiger partial charge >= 0.3 is 0 Å². The van der Waals surface area contributed by atoms with Crippen LogP contribution >= 0.6 is 0 Å². The largest absolute Gasteiger partial charge is 0.327 e. The fourth-order valence-electron chi connectivity index (χ4n) is 3.86. The van der Waals surface area contributed by atoms with E-state index in [4.69, 9.17) is 10.7 Å². The van der Waals surface area contributed by atoms with Gasteiger partial charge in [-0.2, -0.15) is 0 Å². The van der Waals surface area contributed by atoms with E-state index in [1.54, 1.807) is 0 Å². The third kappa shape index (κ3) is 3.08. The highest BCUT2D eigenvalue weighted by Crippen LogP contribution is 2.31. The predicted octanol–water partition coefficient (Wildman–Crippen LogP) is 3.56. The molecule has 0 saturated carbocycles. The molecule has 0 bridgehead atoms. The molecule has 2 aromatic heterocycles. The number of imidazole rings is 1. The molecule has 1 unspecified atom stereocenters. The van der Waals surface area contributed by atoms with Crippen molar-refractivity contribution in [3.05, 3.63) is 60.4 Å². The van der Waals surface area contributed by atoms with Gasteiger partial charge in [-0.25, -0.2) is 4.98 Å². The van der Waals surface area contributed by atoms with Gasteiger partial charge in [0.15, 0.2) is 0 Å². The molecule has 1 fully saturated rings. The number of rotatable bonds is 3. The van der Waals surface area contributed by atoms with Crippen LogP contribution in [0.1, 0.15) is 26.0 Å². The minimum absolute atomic E-state index is 0.144. The highest BCUT2D eigenvalue weighted by Gasteiger charge is 2.34. The van der Waals surface area contributed by atoms with Crippen LogP contribution in [-0.4, -0.2) is 33.4 Å². The van der Waals surface area contributed by atoms with Crippen LogP contribution in [0.2, 0.25) is 0 Å². The van der Waals surface area contributed by atoms with Crippen LogP contribution in [0.25, 0.3) is 16.9 Å². The topological polar surface area (TPSA) is 46.6 Å². The zero-order chi connectivity index (χ0) is 17.4. The Labute approximate surface area is 149 Å². The van der Waals surface area contributed by atoms with Crippen molar-refractivity contribution in [3.63, 3.8) is 0 Å². The average molecular weight is 334 g/mol. The van der Waals surface area contributed by atoms with Crippen LogP contribution in [0.3, 0.4) is 0 Å². The van der Waals surface area contributed by atoms with Crippen molar-refractivity contribution < 1.29 is 0 Å². The first kappa shape index (κ1) is 16.3. The summed E-state index contributed by atoms with van der Waals surface area (Å²) in [6.45, 7) is 7.50. The molecule has 0 radical (unpaired) electrons. The molecular weight excluding hydrogens is 308 g/mol. The quantitative estimate of drug-likeness (QED) is 0.796. The summed E-state index contributed by atoms with van der Waals surface area (Å²) < 4.78 is 2.23. The minimum atomic E-state index is 0.144. The van der Waals surface area contributed by atoms with Gasteiger partial charge in [-0.05, 0) is 24.0 Å². The van der Waals surface area contributed by atoms with E-state index < -0.39 is 0 Å². The van der Waals surface area contributed by atoms with Gasteiger partial charge in [0.25, 0.3) is 0 Å². The number of piperidine rings is 1. The van der Waals surface area contributed by atoms with E-state index in [-0.39, 0.29) is 11.5 Å². The molecule has 1 aliphatic heterocycles. The fourth-order valence-corrected chi connectivity index (χ4v) is 3.86. The maximum atomic E-state index is 6.32. The third-order valence-electron chi connectivity index (χ3n) is 5.44. The molecule has 0 amide bonds. The Bertz CT molecular complexity index is 866. The molecule has 0 spiro atoms. The monoisotopic (exact) mass is 334 g/mol. The van der Waals surface area contributed by atoms with E-state index in [1.165, 1.54) is 11.3 Å². The second kappa shape index (κ2) is 6.28. The van der Waals surface area contributed by atoms with Gasteiger partial charge in [0.1, 0.15) is 5.65 Å². The first-order chi connectivity index (χ1) is 12.0. The number of nitrogens with two attached hydrogens (primary N) is 1. The minimum Gasteiger partial charge on any atom is -0.327 e. The van der Waals surface area contributed by atoms with Gasteiger partial charge in [-0.15, -0.1) is 0 Å². The summed E-state index contributed by atoms with van der Waals surface area (Å²) >= 11 is 0. The number of hydrogen-bond acceptors (Lipinski definition) is 3. The molecule has 4 rings (SSSR count). The Morgan fingerprint density at radius 2 is 1.88 bits per heavy atom. The number of fused-ring (bicyclic) bond motifs is 1. The number of likely N-dealkylation sites (tertiary alicyclic amines) is 1. The Balaban J connectivity index is 1.73. The Hall–Kier alpha value is -2.17. The molecule has 25 heavy (non-hydrogen) atoms. The van der Waals surface area contributed by atoms with Crippen molar-refractivity contribution in [1.82, 2.24) is 14.3 Å². The molecule has 4 nitrogen and oxygen atoms in total. The van der Waals surface area contributed by atoms with Crippen LogP contribution in [-0.2, 0) is 6.54 Å². The summed E-state index contributed by atoms with van der Waals surface area (Å²) in [7, 11) is 0. The number of benzene rings is 1. The summed E-state index contributed by atoms with van der Waals surface area (Å²) in [4.78, 5) is 7.43. The van der Waals surface area contributed by atoms with Gasteiger partial charge in [-0.1, -0.05) is 50.2 Å². The van der Waals surface area contributed by atoms with Gasteiger partial charge in [0, 0.05) is 37.4 Å². The van der Waals surface area contributed by atoms with Gasteiger partial charge < -0.3 is 10.1 Å². The van der Waals surface area contributed by atoms with Crippen molar-refractivity contribution in [2.75, 3.05) is 13.1 Å². The Morgan fingerprint density at radius 1 is 1.12 bits per heavy atom. The lowest BCUT2D eigenvalue weighted by Gasteiger charge is -2.42. The molecule has 4 heteroatoms. The summed E-state index contributed by atoms with van der Waals surface area (Å²) in [6.07, 6.45) is 3.16. The Kier molecular flexibility index (Phi) is 4.10.